The molecule has 0 bridgehead atoms. The van der Waals surface area contributed by atoms with Crippen molar-refractivity contribution in [1.29, 1.82) is 0 Å². The molecule has 0 aliphatic heterocycles. The van der Waals surface area contributed by atoms with Crippen LogP contribution in [-0.4, -0.2) is 12.1 Å². The predicted molar refractivity (Wildman–Crippen MR) is 32.4 cm³/mol. The van der Waals surface area contributed by atoms with E-state index in [-0.39, 0.29) is 0 Å². The summed E-state index contributed by atoms with van der Waals surface area (Å²) in [5.74, 6) is 1.19. The lowest BCUT2D eigenvalue weighted by Crippen LogP contribution is -1.76. The molecule has 0 fully saturated rings. The lowest BCUT2D eigenvalue weighted by molar-refractivity contribution is 0.294. The number of hydrogen-bond donors (Lipinski definition) is 0. The van der Waals surface area contributed by atoms with Crippen LogP contribution in [0.2, 0.25) is 0 Å². The minimum atomic E-state index is 0.479. The summed E-state index contributed by atoms with van der Waals surface area (Å²) in [5, 5.41) is 0. The van der Waals surface area contributed by atoms with E-state index in [1.807, 2.05) is 6.92 Å². The second-order valence-corrected chi connectivity index (χ2v) is 1.63. The fourth-order valence-electron chi connectivity index (χ4n) is 0.551. The molecular weight excluding hydrogens is 118 g/mol. The largest absolute Gasteiger partial charge is 0.467 e. The van der Waals surface area contributed by atoms with Crippen molar-refractivity contribution in [3.8, 4) is 5.95 Å². The maximum Gasteiger partial charge on any atom is 0.304 e. The highest BCUT2D eigenvalue weighted by molar-refractivity contribution is 4.98. The van der Waals surface area contributed by atoms with E-state index in [1.165, 1.54) is 0 Å². The van der Waals surface area contributed by atoms with Crippen LogP contribution in [-0.2, 0) is 6.42 Å². The van der Waals surface area contributed by atoms with Gasteiger partial charge in [-0.3, -0.25) is 0 Å². The Morgan fingerprint density at radius 3 is 2.89 bits per heavy atom. The molecule has 50 valence electrons. The average molecular weight is 127 g/mol. The Labute approximate surface area is 53.7 Å². The average Bonchev–Trinajstić information content (AvgIpc) is 2.34. The summed E-state index contributed by atoms with van der Waals surface area (Å²) in [4.78, 5) is 3.91. The summed E-state index contributed by atoms with van der Waals surface area (Å²) in [6, 6.07) is 0. The number of methoxy groups -OCH3 is 1. The number of aromatic nitrogens is 1. The van der Waals surface area contributed by atoms with Gasteiger partial charge < -0.3 is 9.15 Å². The topological polar surface area (TPSA) is 35.3 Å². The smallest absolute Gasteiger partial charge is 0.304 e. The monoisotopic (exact) mass is 127 g/mol. The van der Waals surface area contributed by atoms with Gasteiger partial charge in [-0.05, 0) is 0 Å². The molecule has 1 aromatic heterocycles. The van der Waals surface area contributed by atoms with Crippen molar-refractivity contribution in [2.75, 3.05) is 7.11 Å². The number of oxazole rings is 1. The van der Waals surface area contributed by atoms with Gasteiger partial charge in [-0.2, -0.15) is 0 Å². The standard InChI is InChI=1S/C6H9NO2/c1-3-5-7-4-6(8-2)9-5/h4H,3H2,1-2H3. The molecule has 0 spiro atoms. The zero-order valence-corrected chi connectivity index (χ0v) is 5.55. The first-order chi connectivity index (χ1) is 4.36. The molecule has 3 heteroatoms. The fraction of sp³-hybridized carbons (Fsp3) is 0.500. The van der Waals surface area contributed by atoms with Crippen LogP contribution in [0.25, 0.3) is 0 Å². The summed E-state index contributed by atoms with van der Waals surface area (Å²) < 4.78 is 9.82. The minimum absolute atomic E-state index is 0.479. The zero-order chi connectivity index (χ0) is 6.69. The van der Waals surface area contributed by atoms with E-state index >= 15 is 0 Å². The fourth-order valence-corrected chi connectivity index (χ4v) is 0.551. The molecule has 0 saturated heterocycles. The van der Waals surface area contributed by atoms with Crippen molar-refractivity contribution < 1.29 is 9.15 Å². The van der Waals surface area contributed by atoms with Gasteiger partial charge >= 0.3 is 5.95 Å². The van der Waals surface area contributed by atoms with Crippen LogP contribution in [0, 0.1) is 0 Å². The highest BCUT2D eigenvalue weighted by atomic mass is 16.6. The third kappa shape index (κ3) is 1.22. The second-order valence-electron chi connectivity index (χ2n) is 1.63. The Morgan fingerprint density at radius 1 is 1.78 bits per heavy atom. The third-order valence-corrected chi connectivity index (χ3v) is 1.04. The number of aryl methyl sites for hydroxylation is 1. The van der Waals surface area contributed by atoms with Crippen LogP contribution in [0.3, 0.4) is 0 Å². The molecule has 9 heavy (non-hydrogen) atoms. The summed E-state index contributed by atoms with van der Waals surface area (Å²) in [5.41, 5.74) is 0. The molecule has 0 atom stereocenters. The Balaban J connectivity index is 2.74. The van der Waals surface area contributed by atoms with E-state index in [1.54, 1.807) is 13.3 Å². The molecule has 1 aromatic rings. The number of ether oxygens (including phenoxy) is 1. The van der Waals surface area contributed by atoms with Gasteiger partial charge in [0.05, 0.1) is 7.11 Å². The van der Waals surface area contributed by atoms with E-state index in [0.717, 1.165) is 6.42 Å². The highest BCUT2D eigenvalue weighted by Crippen LogP contribution is 2.10. The normalized spacial score (nSPS) is 9.56. The summed E-state index contributed by atoms with van der Waals surface area (Å²) >= 11 is 0. The van der Waals surface area contributed by atoms with Crippen LogP contribution in [0.15, 0.2) is 10.6 Å². The third-order valence-electron chi connectivity index (χ3n) is 1.04. The highest BCUT2D eigenvalue weighted by Gasteiger charge is 1.98. The Hall–Kier alpha value is -0.990. The van der Waals surface area contributed by atoms with Gasteiger partial charge in [0.1, 0.15) is 6.20 Å². The van der Waals surface area contributed by atoms with E-state index in [2.05, 4.69) is 4.98 Å². The van der Waals surface area contributed by atoms with Gasteiger partial charge in [0.2, 0.25) is 0 Å². The molecule has 1 heterocycles. The number of rotatable bonds is 2. The first-order valence-electron chi connectivity index (χ1n) is 2.85. The SMILES string of the molecule is CCc1ncc(OC)o1. The van der Waals surface area contributed by atoms with Crippen molar-refractivity contribution in [2.45, 2.75) is 13.3 Å². The molecule has 3 nitrogen and oxygen atoms in total. The summed E-state index contributed by atoms with van der Waals surface area (Å²) in [7, 11) is 1.56. The van der Waals surface area contributed by atoms with Crippen molar-refractivity contribution in [3.05, 3.63) is 12.1 Å². The van der Waals surface area contributed by atoms with Crippen LogP contribution >= 0.6 is 0 Å². The lowest BCUT2D eigenvalue weighted by Gasteiger charge is -1.87. The molecule has 0 amide bonds. The number of nitrogens with zero attached hydrogens (tertiary/aromatic N) is 1. The Morgan fingerprint density at radius 2 is 2.56 bits per heavy atom. The van der Waals surface area contributed by atoms with Crippen LogP contribution in [0.1, 0.15) is 12.8 Å². The second kappa shape index (κ2) is 2.53. The number of hydrogen-bond acceptors (Lipinski definition) is 3. The molecule has 0 unspecified atom stereocenters. The molecule has 0 radical (unpaired) electrons. The van der Waals surface area contributed by atoms with Gasteiger partial charge in [0.25, 0.3) is 0 Å². The first kappa shape index (κ1) is 6.13. The van der Waals surface area contributed by atoms with E-state index in [9.17, 15) is 0 Å². The van der Waals surface area contributed by atoms with Gasteiger partial charge in [-0.1, -0.05) is 6.92 Å². The molecule has 0 N–H and O–H groups in total. The summed E-state index contributed by atoms with van der Waals surface area (Å²) in [6.45, 7) is 1.98. The molecule has 0 aromatic carbocycles. The minimum Gasteiger partial charge on any atom is -0.467 e. The summed E-state index contributed by atoms with van der Waals surface area (Å²) in [6.07, 6.45) is 2.38. The van der Waals surface area contributed by atoms with Crippen molar-refractivity contribution >= 4 is 0 Å². The lowest BCUT2D eigenvalue weighted by atomic mass is 10.5. The van der Waals surface area contributed by atoms with Gasteiger partial charge in [0, 0.05) is 6.42 Å². The van der Waals surface area contributed by atoms with Gasteiger partial charge in [0.15, 0.2) is 5.89 Å². The molecular formula is C6H9NO2. The molecule has 0 saturated carbocycles. The molecule has 0 aliphatic rings. The maximum absolute atomic E-state index is 5.05. The van der Waals surface area contributed by atoms with Crippen molar-refractivity contribution in [1.82, 2.24) is 4.98 Å². The molecule has 0 aliphatic carbocycles. The quantitative estimate of drug-likeness (QED) is 0.599. The molecule has 1 rings (SSSR count). The van der Waals surface area contributed by atoms with E-state index in [0.29, 0.717) is 11.8 Å². The van der Waals surface area contributed by atoms with Crippen molar-refractivity contribution in [2.24, 2.45) is 0 Å². The van der Waals surface area contributed by atoms with Crippen molar-refractivity contribution in [3.63, 3.8) is 0 Å². The first-order valence-corrected chi connectivity index (χ1v) is 2.85. The van der Waals surface area contributed by atoms with E-state index < -0.39 is 0 Å². The van der Waals surface area contributed by atoms with Gasteiger partial charge in [-0.15, -0.1) is 0 Å². The van der Waals surface area contributed by atoms with Crippen LogP contribution in [0.4, 0.5) is 0 Å². The van der Waals surface area contributed by atoms with E-state index in [4.69, 9.17) is 9.15 Å². The predicted octanol–water partition coefficient (Wildman–Crippen LogP) is 1.25. The van der Waals surface area contributed by atoms with Gasteiger partial charge in [-0.25, -0.2) is 4.98 Å². The zero-order valence-electron chi connectivity index (χ0n) is 5.55. The van der Waals surface area contributed by atoms with Crippen LogP contribution < -0.4 is 4.74 Å². The van der Waals surface area contributed by atoms with Crippen LogP contribution in [0.5, 0.6) is 5.95 Å². The maximum atomic E-state index is 5.05. The Bertz CT molecular complexity index is 164. The Kier molecular flexibility index (Phi) is 1.72.